The van der Waals surface area contributed by atoms with Crippen molar-refractivity contribution in [3.8, 4) is 5.75 Å². The van der Waals surface area contributed by atoms with E-state index in [1.54, 1.807) is 98.8 Å². The molecule has 6 N–H and O–H groups in total. The van der Waals surface area contributed by atoms with Gasteiger partial charge in [-0.15, -0.1) is 0 Å². The van der Waals surface area contributed by atoms with Gasteiger partial charge in [0.25, 0.3) is 11.8 Å². The Morgan fingerprint density at radius 2 is 1.52 bits per heavy atom. The van der Waals surface area contributed by atoms with Crippen molar-refractivity contribution >= 4 is 70.8 Å². The van der Waals surface area contributed by atoms with Crippen LogP contribution in [-0.2, 0) is 70.3 Å². The molecule has 3 saturated heterocycles. The molecule has 5 aliphatic rings. The fourth-order valence-corrected chi connectivity index (χ4v) is 12.2. The van der Waals surface area contributed by atoms with Crippen molar-refractivity contribution in [2.45, 2.75) is 154 Å². The molecule has 2 aromatic carbocycles. The SMILES string of the molecule is CC1=C\[C@@H](O)CC(=O)Cc2nc(co2)C(=O)N2CCC=C2C(=O)O[C@@H](C(C)C)[C@@H](C)/C=C/C(=O)NC\C=C\1.CC[C@@H]1NC(=O)[C@@H](NC(=O)c2ncccc2O)[C@H](C)OC(=O)[C@@H](c2ccccc2)NC(=O)[C@@H]2CC(=O)CCN2C(=O)[C@H](Cc2ccccc2)N(C)C(=O)[C@@H]2CCCN2C1=O. The van der Waals surface area contributed by atoms with Gasteiger partial charge in [0.1, 0.15) is 71.7 Å². The van der Waals surface area contributed by atoms with Gasteiger partial charge in [-0.2, -0.15) is 0 Å². The number of Topliss-reactive ketones (excluding diaryl/α,β-unsaturated/α-hetero) is 2. The van der Waals surface area contributed by atoms with Crippen molar-refractivity contribution in [1.29, 1.82) is 0 Å². The van der Waals surface area contributed by atoms with E-state index in [-0.39, 0.29) is 123 Å². The number of hydrogen-bond acceptors (Lipinski definition) is 19. The summed E-state index contributed by atoms with van der Waals surface area (Å²) in [6.45, 7) is 11.0. The van der Waals surface area contributed by atoms with E-state index in [0.29, 0.717) is 12.8 Å². The fourth-order valence-electron chi connectivity index (χ4n) is 12.2. The van der Waals surface area contributed by atoms with Crippen LogP contribution in [0.15, 0.2) is 137 Å². The number of likely N-dealkylation sites (N-methyl/N-ethyl adjacent to an activating group) is 1. The zero-order valence-corrected chi connectivity index (χ0v) is 55.8. The largest absolute Gasteiger partial charge is 0.505 e. The van der Waals surface area contributed by atoms with Crippen molar-refractivity contribution in [2.75, 3.05) is 33.2 Å². The molecule has 5 aliphatic heterocycles. The number of aromatic nitrogens is 2. The van der Waals surface area contributed by atoms with Crippen LogP contribution in [0.5, 0.6) is 5.75 Å². The van der Waals surface area contributed by atoms with Crippen LogP contribution in [0.2, 0.25) is 0 Å². The van der Waals surface area contributed by atoms with Crippen molar-refractivity contribution in [2.24, 2.45) is 11.8 Å². The molecule has 7 heterocycles. The average Bonchev–Trinajstić information content (AvgIpc) is 1.08. The molecule has 9 rings (SSSR count). The van der Waals surface area contributed by atoms with E-state index >= 15 is 0 Å². The van der Waals surface area contributed by atoms with Crippen LogP contribution in [0.1, 0.15) is 131 Å². The number of hydrogen-bond donors (Lipinski definition) is 6. The van der Waals surface area contributed by atoms with E-state index in [9.17, 15) is 67.7 Å². The van der Waals surface area contributed by atoms with Gasteiger partial charge in [0, 0.05) is 71.0 Å². The molecule has 98 heavy (non-hydrogen) atoms. The van der Waals surface area contributed by atoms with Gasteiger partial charge in [0.2, 0.25) is 41.3 Å². The quantitative estimate of drug-likeness (QED) is 0.143. The summed E-state index contributed by atoms with van der Waals surface area (Å²) in [5.41, 5.74) is 1.37. The van der Waals surface area contributed by atoms with Crippen LogP contribution in [0.4, 0.5) is 0 Å². The van der Waals surface area contributed by atoms with Crippen LogP contribution in [0.3, 0.4) is 0 Å². The first-order chi connectivity index (χ1) is 46.8. The first kappa shape index (κ1) is 73.4. The van der Waals surface area contributed by atoms with Crippen molar-refractivity contribution in [1.82, 2.24) is 50.8 Å². The number of cyclic esters (lactones) is 2. The van der Waals surface area contributed by atoms with Gasteiger partial charge in [-0.25, -0.2) is 19.6 Å². The average molecular weight is 1350 g/mol. The highest BCUT2D eigenvalue weighted by Gasteiger charge is 2.46. The van der Waals surface area contributed by atoms with Crippen LogP contribution in [0.25, 0.3) is 0 Å². The van der Waals surface area contributed by atoms with Gasteiger partial charge in [-0.05, 0) is 74.8 Å². The number of oxazole rings is 1. The minimum atomic E-state index is -1.68. The number of carbonyl (C=O) groups excluding carboxylic acids is 12. The molecular weight excluding hydrogens is 1260 g/mol. The number of allylic oxidation sites excluding steroid dienone is 2. The zero-order chi connectivity index (χ0) is 70.9. The van der Waals surface area contributed by atoms with Gasteiger partial charge in [-0.1, -0.05) is 124 Å². The maximum Gasteiger partial charge on any atom is 0.355 e. The van der Waals surface area contributed by atoms with Crippen LogP contribution in [-0.4, -0.2) is 192 Å². The number of carbonyl (C=O) groups is 12. The molecule has 4 aromatic rings. The number of aliphatic hydroxyl groups is 1. The summed E-state index contributed by atoms with van der Waals surface area (Å²) in [7, 11) is 1.47. The van der Waals surface area contributed by atoms with Crippen LogP contribution < -0.4 is 21.3 Å². The maximum absolute atomic E-state index is 14.8. The van der Waals surface area contributed by atoms with E-state index in [0.717, 1.165) is 17.4 Å². The standard InChI is InChI=1S/C43H49N7O10.C28H35N3O7/c1-4-29-40(56)49-21-12-17-30(49)41(57)48(3)32(23-26-13-7-5-8-14-26)42(58)50-22-19-28(51)24-31(50)37(53)47-35(27-15-9-6-10-16-27)43(59)60-25(2)34(38(54)45-29)46-39(55)36-33(52)18-11-20-44-36;1-17(2)26-19(4)9-10-24(34)29-11-5-7-18(3)13-20(32)14-21(33)15-25-30-22(16-37-25)27(35)31-12-6-8-23(31)28(36)38-26/h5-11,13-16,18,20,25,29-32,34-35,52H,4,12,17,19,21-24H2,1-3H3,(H,45,54)(H,46,55)(H,47,53);5,7-10,13,16-17,19-20,26,32H,6,11-12,14-15H2,1-4H3,(H,29,34)/b;7-5+,10-9+,18-13+/t25-,29-,30-,31-,32-,34-,35+;19-,20+,26-/m00/s1. The Morgan fingerprint density at radius 1 is 0.806 bits per heavy atom. The number of ether oxygens (including phenoxy) is 2. The summed E-state index contributed by atoms with van der Waals surface area (Å²) in [5, 5.41) is 31.2. The van der Waals surface area contributed by atoms with E-state index in [1.165, 1.54) is 58.0 Å². The molecular formula is C71H84N10O17. The van der Waals surface area contributed by atoms with E-state index in [1.807, 2.05) is 26.8 Å². The Bertz CT molecular complexity index is 3750. The van der Waals surface area contributed by atoms with Crippen molar-refractivity contribution < 1.29 is 81.6 Å². The van der Waals surface area contributed by atoms with Crippen molar-refractivity contribution in [3.63, 3.8) is 0 Å². The molecule has 8 amide bonds. The smallest absolute Gasteiger partial charge is 0.355 e. The summed E-state index contributed by atoms with van der Waals surface area (Å²) < 4.78 is 17.0. The third-order valence-corrected chi connectivity index (χ3v) is 17.4. The van der Waals surface area contributed by atoms with E-state index in [2.05, 4.69) is 31.2 Å². The number of nitrogens with zero attached hydrogens (tertiary/aromatic N) is 6. The number of aromatic hydroxyl groups is 1. The lowest BCUT2D eigenvalue weighted by Crippen LogP contribution is -2.61. The molecule has 2 aromatic heterocycles. The molecule has 10 atom stereocenters. The highest BCUT2D eigenvalue weighted by atomic mass is 16.6. The Morgan fingerprint density at radius 3 is 2.22 bits per heavy atom. The second-order valence-electron chi connectivity index (χ2n) is 25.0. The lowest BCUT2D eigenvalue weighted by Gasteiger charge is -2.40. The van der Waals surface area contributed by atoms with Crippen molar-refractivity contribution in [3.05, 3.63) is 161 Å². The number of amides is 8. The zero-order valence-electron chi connectivity index (χ0n) is 55.8. The van der Waals surface area contributed by atoms with Gasteiger partial charge in [-0.3, -0.25) is 47.9 Å². The summed E-state index contributed by atoms with van der Waals surface area (Å²) in [6.07, 6.45) is 9.72. The predicted molar refractivity (Wildman–Crippen MR) is 352 cm³/mol. The van der Waals surface area contributed by atoms with Crippen LogP contribution >= 0.6 is 0 Å². The minimum absolute atomic E-state index is 0.0315. The number of nitrogens with one attached hydrogen (secondary N) is 4. The Balaban J connectivity index is 0.000000277. The molecule has 27 nitrogen and oxygen atoms in total. The number of piperidine rings is 1. The molecule has 27 heteroatoms. The topological polar surface area (TPSA) is 364 Å². The number of fused-ring (bicyclic) bond motifs is 5. The van der Waals surface area contributed by atoms with Gasteiger partial charge in [0.05, 0.1) is 12.5 Å². The van der Waals surface area contributed by atoms with Crippen LogP contribution in [0, 0.1) is 11.8 Å². The fraction of sp³-hybridized carbons (Fsp3) is 0.437. The third-order valence-electron chi connectivity index (χ3n) is 17.4. The first-order valence-electron chi connectivity index (χ1n) is 32.8. The monoisotopic (exact) mass is 1350 g/mol. The normalized spacial score (nSPS) is 26.7. The summed E-state index contributed by atoms with van der Waals surface area (Å²) in [6, 6.07) is 11.7. The summed E-state index contributed by atoms with van der Waals surface area (Å²) in [4.78, 5) is 177. The van der Waals surface area contributed by atoms with Gasteiger partial charge in [0.15, 0.2) is 17.4 Å². The number of pyridine rings is 1. The molecule has 0 aliphatic carbocycles. The van der Waals surface area contributed by atoms with E-state index < -0.39 is 119 Å². The van der Waals surface area contributed by atoms with Gasteiger partial charge >= 0.3 is 11.9 Å². The molecule has 0 unspecified atom stereocenters. The molecule has 520 valence electrons. The number of rotatable bonds is 7. The Labute approximate surface area is 567 Å². The second kappa shape index (κ2) is 34.0. The lowest BCUT2D eigenvalue weighted by molar-refractivity contribution is -0.157. The molecule has 0 spiro atoms. The highest BCUT2D eigenvalue weighted by molar-refractivity contribution is 6.02. The molecule has 0 saturated carbocycles. The summed E-state index contributed by atoms with van der Waals surface area (Å²) in [5.74, 6) is -8.36. The van der Waals surface area contributed by atoms with Gasteiger partial charge < -0.3 is 65.0 Å². The second-order valence-corrected chi connectivity index (χ2v) is 25.0. The first-order valence-corrected chi connectivity index (χ1v) is 32.8. The number of benzene rings is 2. The highest BCUT2D eigenvalue weighted by Crippen LogP contribution is 2.29. The molecule has 0 radical (unpaired) electrons. The number of esters is 2. The molecule has 2 bridgehead atoms. The summed E-state index contributed by atoms with van der Waals surface area (Å²) >= 11 is 0. The van der Waals surface area contributed by atoms with E-state index in [4.69, 9.17) is 13.9 Å². The number of ketones is 2. The minimum Gasteiger partial charge on any atom is -0.505 e. The molecule has 3 fully saturated rings. The maximum atomic E-state index is 14.8. The predicted octanol–water partition coefficient (Wildman–Crippen LogP) is 3.86. The Hall–Kier alpha value is -10.4. The number of aliphatic hydroxyl groups excluding tert-OH is 1. The lowest BCUT2D eigenvalue weighted by atomic mass is 9.94. The third kappa shape index (κ3) is 18.8. The Kier molecular flexibility index (Phi) is 25.4.